The van der Waals surface area contributed by atoms with Gasteiger partial charge in [-0.2, -0.15) is 0 Å². The number of rotatable bonds is 1. The number of nitrogens with zero attached hydrogens (tertiary/aromatic N) is 3. The minimum absolute atomic E-state index is 0.287. The van der Waals surface area contributed by atoms with Crippen LogP contribution in [0.25, 0.3) is 22.4 Å². The fourth-order valence-electron chi connectivity index (χ4n) is 1.64. The molecule has 17 heavy (non-hydrogen) atoms. The van der Waals surface area contributed by atoms with E-state index in [1.165, 1.54) is 12.1 Å². The smallest absolute Gasteiger partial charge is 0.178 e. The fourth-order valence-corrected chi connectivity index (χ4v) is 1.64. The van der Waals surface area contributed by atoms with Crippen molar-refractivity contribution in [2.24, 2.45) is 0 Å². The van der Waals surface area contributed by atoms with Gasteiger partial charge in [-0.1, -0.05) is 12.1 Å². The highest BCUT2D eigenvalue weighted by molar-refractivity contribution is 5.72. The number of halogens is 1. The van der Waals surface area contributed by atoms with E-state index < -0.39 is 0 Å². The van der Waals surface area contributed by atoms with Gasteiger partial charge in [-0.05, 0) is 24.3 Å². The van der Waals surface area contributed by atoms with Gasteiger partial charge in [-0.25, -0.2) is 14.4 Å². The van der Waals surface area contributed by atoms with E-state index in [4.69, 9.17) is 0 Å². The van der Waals surface area contributed by atoms with Crippen LogP contribution >= 0.6 is 0 Å². The van der Waals surface area contributed by atoms with E-state index in [-0.39, 0.29) is 5.82 Å². The fraction of sp³-hybridized carbons (Fsp3) is 0. The Morgan fingerprint density at radius 2 is 1.94 bits per heavy atom. The summed E-state index contributed by atoms with van der Waals surface area (Å²) in [6, 6.07) is 9.91. The maximum atomic E-state index is 13.1. The molecule has 0 aliphatic rings. The Bertz CT molecular complexity index is 682. The van der Waals surface area contributed by atoms with Crippen molar-refractivity contribution >= 4 is 11.2 Å². The number of hydrogen-bond donors (Lipinski definition) is 0. The second-order valence-corrected chi connectivity index (χ2v) is 3.61. The normalized spacial score (nSPS) is 10.6. The number of aromatic nitrogens is 3. The topological polar surface area (TPSA) is 38.7 Å². The number of benzene rings is 1. The molecule has 0 amide bonds. The second-order valence-electron chi connectivity index (χ2n) is 3.61. The Morgan fingerprint density at radius 3 is 2.82 bits per heavy atom. The minimum Gasteiger partial charge on any atom is -0.251 e. The molecule has 0 bridgehead atoms. The molecular weight excluding hydrogens is 217 g/mol. The zero-order valence-electron chi connectivity index (χ0n) is 8.84. The van der Waals surface area contributed by atoms with E-state index >= 15 is 0 Å². The zero-order valence-corrected chi connectivity index (χ0v) is 8.84. The Hall–Kier alpha value is -2.36. The van der Waals surface area contributed by atoms with Gasteiger partial charge in [0.15, 0.2) is 5.65 Å². The van der Waals surface area contributed by atoms with Gasteiger partial charge < -0.3 is 0 Å². The average molecular weight is 225 g/mol. The van der Waals surface area contributed by atoms with Crippen molar-refractivity contribution in [2.45, 2.75) is 0 Å². The van der Waals surface area contributed by atoms with Crippen molar-refractivity contribution < 1.29 is 4.39 Å². The molecule has 0 fully saturated rings. The molecule has 0 unspecified atom stereocenters. The van der Waals surface area contributed by atoms with Gasteiger partial charge in [0.25, 0.3) is 0 Å². The molecule has 3 rings (SSSR count). The Labute approximate surface area is 97.0 Å². The average Bonchev–Trinajstić information content (AvgIpc) is 2.38. The third-order valence-electron chi connectivity index (χ3n) is 2.44. The van der Waals surface area contributed by atoms with Gasteiger partial charge in [0.1, 0.15) is 11.3 Å². The van der Waals surface area contributed by atoms with Crippen LogP contribution in [0.5, 0.6) is 0 Å². The van der Waals surface area contributed by atoms with Crippen LogP contribution in [-0.4, -0.2) is 15.0 Å². The quantitative estimate of drug-likeness (QED) is 0.639. The summed E-state index contributed by atoms with van der Waals surface area (Å²) in [6.07, 6.45) is 3.28. The highest BCUT2D eigenvalue weighted by atomic mass is 19.1. The van der Waals surface area contributed by atoms with Crippen molar-refractivity contribution in [1.29, 1.82) is 0 Å². The molecule has 0 saturated carbocycles. The van der Waals surface area contributed by atoms with Gasteiger partial charge in [-0.15, -0.1) is 0 Å². The van der Waals surface area contributed by atoms with Crippen molar-refractivity contribution in [3.05, 3.63) is 54.6 Å². The van der Waals surface area contributed by atoms with Crippen molar-refractivity contribution in [1.82, 2.24) is 15.0 Å². The summed E-state index contributed by atoms with van der Waals surface area (Å²) in [7, 11) is 0. The molecule has 3 aromatic rings. The molecule has 0 saturated heterocycles. The molecule has 0 N–H and O–H groups in total. The Balaban J connectivity index is 2.18. The van der Waals surface area contributed by atoms with E-state index in [1.807, 2.05) is 6.07 Å². The predicted molar refractivity (Wildman–Crippen MR) is 62.7 cm³/mol. The Morgan fingerprint density at radius 1 is 1.00 bits per heavy atom. The Kier molecular flexibility index (Phi) is 2.26. The number of fused-ring (bicyclic) bond motifs is 1. The standard InChI is InChI=1S/C13H8FN3/c14-10-4-1-3-9(7-10)12-8-16-11-5-2-6-15-13(11)17-12/h1-8H. The maximum absolute atomic E-state index is 13.1. The minimum atomic E-state index is -0.287. The summed E-state index contributed by atoms with van der Waals surface area (Å²) >= 11 is 0. The largest absolute Gasteiger partial charge is 0.251 e. The molecule has 82 valence electrons. The number of hydrogen-bond acceptors (Lipinski definition) is 3. The molecule has 4 heteroatoms. The molecule has 0 radical (unpaired) electrons. The van der Waals surface area contributed by atoms with E-state index in [9.17, 15) is 4.39 Å². The lowest BCUT2D eigenvalue weighted by Gasteiger charge is -2.01. The SMILES string of the molecule is Fc1cccc(-c2cnc3cccnc3n2)c1. The monoisotopic (exact) mass is 225 g/mol. The molecule has 0 atom stereocenters. The lowest BCUT2D eigenvalue weighted by molar-refractivity contribution is 0.628. The van der Waals surface area contributed by atoms with Crippen LogP contribution in [-0.2, 0) is 0 Å². The van der Waals surface area contributed by atoms with Crippen molar-refractivity contribution in [3.63, 3.8) is 0 Å². The molecule has 0 aliphatic heterocycles. The lowest BCUT2D eigenvalue weighted by Crippen LogP contribution is -1.90. The molecule has 0 spiro atoms. The number of pyridine rings is 1. The zero-order chi connectivity index (χ0) is 11.7. The molecule has 3 nitrogen and oxygen atoms in total. The van der Waals surface area contributed by atoms with Crippen molar-refractivity contribution in [2.75, 3.05) is 0 Å². The van der Waals surface area contributed by atoms with Gasteiger partial charge in [-0.3, -0.25) is 4.98 Å². The summed E-state index contributed by atoms with van der Waals surface area (Å²) in [5, 5.41) is 0. The summed E-state index contributed by atoms with van der Waals surface area (Å²) in [6.45, 7) is 0. The first-order chi connectivity index (χ1) is 8.33. The van der Waals surface area contributed by atoms with E-state index in [2.05, 4.69) is 15.0 Å². The van der Waals surface area contributed by atoms with Gasteiger partial charge in [0.2, 0.25) is 0 Å². The van der Waals surface area contributed by atoms with Gasteiger partial charge in [0.05, 0.1) is 11.9 Å². The van der Waals surface area contributed by atoms with Crippen LogP contribution in [0.3, 0.4) is 0 Å². The summed E-state index contributed by atoms with van der Waals surface area (Å²) in [4.78, 5) is 12.7. The van der Waals surface area contributed by atoms with Crippen LogP contribution in [0, 0.1) is 5.82 Å². The molecule has 2 aromatic heterocycles. The molecule has 2 heterocycles. The molecule has 0 aliphatic carbocycles. The second kappa shape index (κ2) is 3.90. The lowest BCUT2D eigenvalue weighted by atomic mass is 10.1. The van der Waals surface area contributed by atoms with E-state index in [0.717, 1.165) is 5.52 Å². The maximum Gasteiger partial charge on any atom is 0.178 e. The van der Waals surface area contributed by atoms with Crippen LogP contribution in [0.1, 0.15) is 0 Å². The first-order valence-electron chi connectivity index (χ1n) is 5.17. The first-order valence-corrected chi connectivity index (χ1v) is 5.17. The first kappa shape index (κ1) is 9.84. The van der Waals surface area contributed by atoms with Crippen LogP contribution in [0.15, 0.2) is 48.8 Å². The molecule has 1 aromatic carbocycles. The van der Waals surface area contributed by atoms with Crippen LogP contribution in [0.4, 0.5) is 4.39 Å². The van der Waals surface area contributed by atoms with Gasteiger partial charge in [0, 0.05) is 11.8 Å². The third kappa shape index (κ3) is 1.85. The van der Waals surface area contributed by atoms with E-state index in [1.54, 1.807) is 30.6 Å². The predicted octanol–water partition coefficient (Wildman–Crippen LogP) is 2.83. The highest BCUT2D eigenvalue weighted by Gasteiger charge is 2.03. The third-order valence-corrected chi connectivity index (χ3v) is 2.44. The van der Waals surface area contributed by atoms with E-state index in [0.29, 0.717) is 16.9 Å². The van der Waals surface area contributed by atoms with Crippen LogP contribution < -0.4 is 0 Å². The highest BCUT2D eigenvalue weighted by Crippen LogP contribution is 2.18. The van der Waals surface area contributed by atoms with Crippen molar-refractivity contribution in [3.8, 4) is 11.3 Å². The summed E-state index contributed by atoms with van der Waals surface area (Å²) in [5.74, 6) is -0.287. The van der Waals surface area contributed by atoms with Gasteiger partial charge >= 0.3 is 0 Å². The molecular formula is C13H8FN3. The summed E-state index contributed by atoms with van der Waals surface area (Å²) in [5.41, 5.74) is 2.61. The van der Waals surface area contributed by atoms with Crippen LogP contribution in [0.2, 0.25) is 0 Å². The summed E-state index contributed by atoms with van der Waals surface area (Å²) < 4.78 is 13.1.